The second-order valence-electron chi connectivity index (χ2n) is 5.72. The lowest BCUT2D eigenvalue weighted by Gasteiger charge is -2.30. The fourth-order valence-electron chi connectivity index (χ4n) is 3.15. The zero-order valence-corrected chi connectivity index (χ0v) is 10.9. The predicted octanol–water partition coefficient (Wildman–Crippen LogP) is 1.27. The van der Waals surface area contributed by atoms with Crippen LogP contribution in [0.3, 0.4) is 0 Å². The molecule has 2 aliphatic rings. The highest BCUT2D eigenvalue weighted by atomic mass is 16.4. The fourth-order valence-corrected chi connectivity index (χ4v) is 3.15. The Bertz CT molecular complexity index is 277. The van der Waals surface area contributed by atoms with Crippen LogP contribution >= 0.6 is 0 Å². The molecule has 4 heteroatoms. The van der Waals surface area contributed by atoms with Crippen LogP contribution in [0, 0.1) is 5.92 Å². The number of hydrogen-bond donors (Lipinski definition) is 1. The van der Waals surface area contributed by atoms with E-state index >= 15 is 0 Å². The summed E-state index contributed by atoms with van der Waals surface area (Å²) in [6, 6.07) is 1.09. The van der Waals surface area contributed by atoms with Crippen LogP contribution in [-0.4, -0.2) is 59.6 Å². The zero-order chi connectivity index (χ0) is 12.4. The smallest absolute Gasteiger partial charge is 0.309 e. The second kappa shape index (κ2) is 5.36. The summed E-state index contributed by atoms with van der Waals surface area (Å²) in [5.74, 6) is -0.875. The van der Waals surface area contributed by atoms with Crippen LogP contribution in [0.2, 0.25) is 0 Å². The van der Waals surface area contributed by atoms with E-state index in [-0.39, 0.29) is 5.92 Å². The number of rotatable bonds is 2. The maximum Gasteiger partial charge on any atom is 0.309 e. The lowest BCUT2D eigenvalue weighted by molar-refractivity contribution is -0.142. The first kappa shape index (κ1) is 12.8. The van der Waals surface area contributed by atoms with Gasteiger partial charge in [-0.25, -0.2) is 0 Å². The molecular formula is C13H24N2O2. The SMILES string of the molecule is CC1CN(C2CCCC2)CC(C(=O)O)CN1C. The monoisotopic (exact) mass is 240 g/mol. The molecule has 1 aliphatic carbocycles. The summed E-state index contributed by atoms with van der Waals surface area (Å²) in [5.41, 5.74) is 0. The van der Waals surface area contributed by atoms with Crippen molar-refractivity contribution in [1.82, 2.24) is 9.80 Å². The molecule has 0 bridgehead atoms. The number of carboxylic acids is 1. The minimum absolute atomic E-state index is 0.231. The van der Waals surface area contributed by atoms with Gasteiger partial charge in [0, 0.05) is 31.7 Å². The topological polar surface area (TPSA) is 43.8 Å². The number of hydrogen-bond acceptors (Lipinski definition) is 3. The summed E-state index contributed by atoms with van der Waals surface area (Å²) in [4.78, 5) is 15.9. The van der Waals surface area contributed by atoms with E-state index in [4.69, 9.17) is 0 Å². The number of carbonyl (C=O) groups is 1. The van der Waals surface area contributed by atoms with Crippen LogP contribution in [0.4, 0.5) is 0 Å². The Kier molecular flexibility index (Phi) is 4.05. The van der Waals surface area contributed by atoms with Crippen LogP contribution < -0.4 is 0 Å². The average Bonchev–Trinajstić information content (AvgIpc) is 2.75. The van der Waals surface area contributed by atoms with Gasteiger partial charge in [-0.1, -0.05) is 12.8 Å². The van der Waals surface area contributed by atoms with E-state index in [1.165, 1.54) is 25.7 Å². The van der Waals surface area contributed by atoms with Crippen molar-refractivity contribution < 1.29 is 9.90 Å². The molecule has 2 unspecified atom stereocenters. The molecule has 4 nitrogen and oxygen atoms in total. The molecule has 17 heavy (non-hydrogen) atoms. The summed E-state index contributed by atoms with van der Waals surface area (Å²) in [5, 5.41) is 9.27. The third kappa shape index (κ3) is 2.99. The van der Waals surface area contributed by atoms with Crippen molar-refractivity contribution in [3.05, 3.63) is 0 Å². The number of carboxylic acid groups (broad SMARTS) is 1. The number of likely N-dealkylation sites (N-methyl/N-ethyl adjacent to an activating group) is 1. The molecule has 0 aromatic heterocycles. The Morgan fingerprint density at radius 1 is 1.18 bits per heavy atom. The van der Waals surface area contributed by atoms with E-state index in [2.05, 4.69) is 16.7 Å². The molecule has 98 valence electrons. The van der Waals surface area contributed by atoms with Gasteiger partial charge in [-0.3, -0.25) is 9.69 Å². The van der Waals surface area contributed by atoms with Crippen LogP contribution in [0.5, 0.6) is 0 Å². The highest BCUT2D eigenvalue weighted by Crippen LogP contribution is 2.26. The Morgan fingerprint density at radius 3 is 2.41 bits per heavy atom. The van der Waals surface area contributed by atoms with Crippen molar-refractivity contribution in [1.29, 1.82) is 0 Å². The molecule has 1 saturated carbocycles. The Labute approximate surface area is 104 Å². The van der Waals surface area contributed by atoms with E-state index in [1.807, 2.05) is 7.05 Å². The van der Waals surface area contributed by atoms with Crippen LogP contribution in [-0.2, 0) is 4.79 Å². The van der Waals surface area contributed by atoms with E-state index in [0.717, 1.165) is 13.1 Å². The lowest BCUT2D eigenvalue weighted by Crippen LogP contribution is -2.41. The zero-order valence-electron chi connectivity index (χ0n) is 10.9. The lowest BCUT2D eigenvalue weighted by atomic mass is 10.1. The molecule has 1 N–H and O–H groups in total. The number of nitrogens with zero attached hydrogens (tertiary/aromatic N) is 2. The molecule has 0 amide bonds. The van der Waals surface area contributed by atoms with Gasteiger partial charge >= 0.3 is 5.97 Å². The van der Waals surface area contributed by atoms with Crippen molar-refractivity contribution >= 4 is 5.97 Å². The molecule has 1 heterocycles. The fraction of sp³-hybridized carbons (Fsp3) is 0.923. The van der Waals surface area contributed by atoms with Gasteiger partial charge in [0.2, 0.25) is 0 Å². The van der Waals surface area contributed by atoms with Crippen molar-refractivity contribution in [2.75, 3.05) is 26.7 Å². The van der Waals surface area contributed by atoms with Crippen LogP contribution in [0.15, 0.2) is 0 Å². The summed E-state index contributed by atoms with van der Waals surface area (Å²) in [6.07, 6.45) is 5.12. The summed E-state index contributed by atoms with van der Waals surface area (Å²) < 4.78 is 0. The molecule has 0 radical (unpaired) electrons. The van der Waals surface area contributed by atoms with Crippen molar-refractivity contribution in [3.63, 3.8) is 0 Å². The number of aliphatic carboxylic acids is 1. The van der Waals surface area contributed by atoms with Gasteiger partial charge in [0.15, 0.2) is 0 Å². The molecule has 1 saturated heterocycles. The molecule has 1 aliphatic heterocycles. The van der Waals surface area contributed by atoms with Crippen molar-refractivity contribution in [2.24, 2.45) is 5.92 Å². The molecular weight excluding hydrogens is 216 g/mol. The van der Waals surface area contributed by atoms with E-state index in [0.29, 0.717) is 18.6 Å². The maximum absolute atomic E-state index is 11.3. The molecule has 2 atom stereocenters. The van der Waals surface area contributed by atoms with E-state index in [9.17, 15) is 9.90 Å². The second-order valence-corrected chi connectivity index (χ2v) is 5.72. The van der Waals surface area contributed by atoms with Crippen molar-refractivity contribution in [2.45, 2.75) is 44.7 Å². The summed E-state index contributed by atoms with van der Waals surface area (Å²) >= 11 is 0. The first-order chi connectivity index (χ1) is 8.08. The Balaban J connectivity index is 2.06. The van der Waals surface area contributed by atoms with Gasteiger partial charge in [0.25, 0.3) is 0 Å². The van der Waals surface area contributed by atoms with Crippen LogP contribution in [0.1, 0.15) is 32.6 Å². The minimum atomic E-state index is -0.644. The Morgan fingerprint density at radius 2 is 1.82 bits per heavy atom. The minimum Gasteiger partial charge on any atom is -0.481 e. The van der Waals surface area contributed by atoms with E-state index < -0.39 is 5.97 Å². The Hall–Kier alpha value is -0.610. The molecule has 0 aromatic rings. The highest BCUT2D eigenvalue weighted by molar-refractivity contribution is 5.70. The van der Waals surface area contributed by atoms with E-state index in [1.54, 1.807) is 0 Å². The third-order valence-electron chi connectivity index (χ3n) is 4.40. The van der Waals surface area contributed by atoms with Crippen LogP contribution in [0.25, 0.3) is 0 Å². The van der Waals surface area contributed by atoms with Gasteiger partial charge < -0.3 is 10.0 Å². The first-order valence-electron chi connectivity index (χ1n) is 6.75. The molecule has 2 fully saturated rings. The third-order valence-corrected chi connectivity index (χ3v) is 4.40. The standard InChI is InChI=1S/C13H24N2O2/c1-10-7-15(12-5-3-4-6-12)9-11(13(16)17)8-14(10)2/h10-12H,3-9H2,1-2H3,(H,16,17). The highest BCUT2D eigenvalue weighted by Gasteiger charge is 2.33. The van der Waals surface area contributed by atoms with Gasteiger partial charge in [-0.15, -0.1) is 0 Å². The van der Waals surface area contributed by atoms with Gasteiger partial charge in [0.05, 0.1) is 5.92 Å². The van der Waals surface area contributed by atoms with Gasteiger partial charge in [-0.05, 0) is 26.8 Å². The van der Waals surface area contributed by atoms with Gasteiger partial charge in [-0.2, -0.15) is 0 Å². The molecule has 0 spiro atoms. The first-order valence-corrected chi connectivity index (χ1v) is 6.75. The normalized spacial score (nSPS) is 33.8. The quantitative estimate of drug-likeness (QED) is 0.789. The largest absolute Gasteiger partial charge is 0.481 e. The average molecular weight is 240 g/mol. The molecule has 2 rings (SSSR count). The maximum atomic E-state index is 11.3. The summed E-state index contributed by atoms with van der Waals surface area (Å²) in [6.45, 7) is 4.63. The van der Waals surface area contributed by atoms with Crippen molar-refractivity contribution in [3.8, 4) is 0 Å². The molecule has 0 aromatic carbocycles. The predicted molar refractivity (Wildman–Crippen MR) is 67.0 cm³/mol. The summed E-state index contributed by atoms with van der Waals surface area (Å²) in [7, 11) is 2.04. The van der Waals surface area contributed by atoms with Gasteiger partial charge in [0.1, 0.15) is 0 Å².